The second kappa shape index (κ2) is 5.53. The van der Waals surface area contributed by atoms with E-state index in [0.717, 1.165) is 27.2 Å². The van der Waals surface area contributed by atoms with Gasteiger partial charge in [-0.2, -0.15) is 0 Å². The summed E-state index contributed by atoms with van der Waals surface area (Å²) in [5.41, 5.74) is 3.02. The maximum atomic E-state index is 11.5. The van der Waals surface area contributed by atoms with Crippen molar-refractivity contribution in [3.63, 3.8) is 0 Å². The van der Waals surface area contributed by atoms with Crippen molar-refractivity contribution in [2.45, 2.75) is 33.4 Å². The van der Waals surface area contributed by atoms with Crippen LogP contribution in [0, 0.1) is 6.92 Å². The number of urea groups is 1. The summed E-state index contributed by atoms with van der Waals surface area (Å²) in [6, 6.07) is 5.90. The average Bonchev–Trinajstić information content (AvgIpc) is 2.68. The fourth-order valence-corrected chi connectivity index (χ4v) is 2.08. The Morgan fingerprint density at radius 1 is 1.37 bits per heavy atom. The van der Waals surface area contributed by atoms with Gasteiger partial charge in [-0.3, -0.25) is 0 Å². The third-order valence-corrected chi connectivity index (χ3v) is 3.22. The number of aryl methyl sites for hydroxylation is 1. The maximum absolute atomic E-state index is 11.5. The second-order valence-corrected chi connectivity index (χ2v) is 5.37. The monoisotopic (exact) mass is 279 g/mol. The number of aromatic amines is 1. The van der Waals surface area contributed by atoms with Crippen LogP contribution in [0.5, 0.6) is 0 Å². The Hall–Kier alpha value is -1.68. The van der Waals surface area contributed by atoms with Crippen molar-refractivity contribution in [2.24, 2.45) is 0 Å². The smallest absolute Gasteiger partial charge is 0.315 e. The zero-order valence-corrected chi connectivity index (χ0v) is 12.1. The molecule has 2 amide bonds. The normalized spacial score (nSPS) is 11.0. The number of carbonyl (C=O) groups excluding carboxylic acids is 1. The molecule has 2 rings (SSSR count). The van der Waals surface area contributed by atoms with E-state index in [9.17, 15) is 4.79 Å². The lowest BCUT2D eigenvalue weighted by atomic mass is 10.2. The number of carbonyl (C=O) groups is 1. The predicted molar refractivity (Wildman–Crippen MR) is 78.6 cm³/mol. The fraction of sp³-hybridized carbons (Fsp3) is 0.357. The molecule has 19 heavy (non-hydrogen) atoms. The van der Waals surface area contributed by atoms with E-state index in [1.807, 2.05) is 39.0 Å². The first-order chi connectivity index (χ1) is 8.95. The number of hydrogen-bond donors (Lipinski definition) is 3. The predicted octanol–water partition coefficient (Wildman–Crippen LogP) is 3.34. The van der Waals surface area contributed by atoms with Gasteiger partial charge in [-0.25, -0.2) is 4.79 Å². The van der Waals surface area contributed by atoms with Crippen molar-refractivity contribution < 1.29 is 4.79 Å². The number of rotatable bonds is 3. The van der Waals surface area contributed by atoms with Gasteiger partial charge < -0.3 is 15.6 Å². The van der Waals surface area contributed by atoms with Crippen molar-refractivity contribution in [1.29, 1.82) is 0 Å². The van der Waals surface area contributed by atoms with Crippen LogP contribution in [-0.4, -0.2) is 17.1 Å². The molecule has 102 valence electrons. The zero-order chi connectivity index (χ0) is 14.0. The number of hydrogen-bond acceptors (Lipinski definition) is 1. The summed E-state index contributed by atoms with van der Waals surface area (Å²) in [5, 5.41) is 7.39. The van der Waals surface area contributed by atoms with Crippen LogP contribution in [0.1, 0.15) is 25.1 Å². The lowest BCUT2D eigenvalue weighted by Gasteiger charge is -2.09. The fourth-order valence-electron chi connectivity index (χ4n) is 1.91. The van der Waals surface area contributed by atoms with Gasteiger partial charge in [0.1, 0.15) is 0 Å². The second-order valence-electron chi connectivity index (χ2n) is 4.96. The molecule has 0 saturated heterocycles. The average molecular weight is 280 g/mol. The molecule has 3 N–H and O–H groups in total. The van der Waals surface area contributed by atoms with Crippen LogP contribution in [0.4, 0.5) is 4.79 Å². The SMILES string of the molecule is Cc1cc2[nH]c(CNC(=O)NC(C)C)cc2cc1Cl. The molecule has 0 aliphatic rings. The van der Waals surface area contributed by atoms with E-state index in [0.29, 0.717) is 6.54 Å². The van der Waals surface area contributed by atoms with Gasteiger partial charge in [-0.15, -0.1) is 0 Å². The first kappa shape index (κ1) is 13.7. The standard InChI is InChI=1S/C14H18ClN3O/c1-8(2)17-14(19)16-7-11-5-10-6-12(15)9(3)4-13(10)18-11/h4-6,8,18H,7H2,1-3H3,(H2,16,17,19). The zero-order valence-electron chi connectivity index (χ0n) is 11.3. The lowest BCUT2D eigenvalue weighted by Crippen LogP contribution is -2.39. The van der Waals surface area contributed by atoms with Gasteiger partial charge in [0.15, 0.2) is 0 Å². The van der Waals surface area contributed by atoms with E-state index in [-0.39, 0.29) is 12.1 Å². The molecule has 5 heteroatoms. The van der Waals surface area contributed by atoms with Gasteiger partial charge >= 0.3 is 6.03 Å². The molecule has 0 radical (unpaired) electrons. The van der Waals surface area contributed by atoms with E-state index >= 15 is 0 Å². The molecule has 0 saturated carbocycles. The molecular weight excluding hydrogens is 262 g/mol. The summed E-state index contributed by atoms with van der Waals surface area (Å²) < 4.78 is 0. The van der Waals surface area contributed by atoms with Crippen molar-refractivity contribution in [3.05, 3.63) is 34.5 Å². The van der Waals surface area contributed by atoms with Gasteiger partial charge in [-0.05, 0) is 44.5 Å². The highest BCUT2D eigenvalue weighted by molar-refractivity contribution is 6.32. The number of fused-ring (bicyclic) bond motifs is 1. The molecule has 0 unspecified atom stereocenters. The van der Waals surface area contributed by atoms with E-state index in [1.54, 1.807) is 0 Å². The number of benzene rings is 1. The van der Waals surface area contributed by atoms with E-state index in [4.69, 9.17) is 11.6 Å². The largest absolute Gasteiger partial charge is 0.357 e. The summed E-state index contributed by atoms with van der Waals surface area (Å²) in [4.78, 5) is 14.8. The first-order valence-corrected chi connectivity index (χ1v) is 6.65. The van der Waals surface area contributed by atoms with Gasteiger partial charge in [0.05, 0.1) is 6.54 Å². The van der Waals surface area contributed by atoms with E-state index in [2.05, 4.69) is 15.6 Å². The topological polar surface area (TPSA) is 56.9 Å². The van der Waals surface area contributed by atoms with Crippen LogP contribution < -0.4 is 10.6 Å². The van der Waals surface area contributed by atoms with E-state index in [1.165, 1.54) is 0 Å². The maximum Gasteiger partial charge on any atom is 0.315 e. The number of aromatic nitrogens is 1. The molecule has 1 aromatic heterocycles. The molecule has 4 nitrogen and oxygen atoms in total. The minimum absolute atomic E-state index is 0.129. The molecule has 1 heterocycles. The third kappa shape index (κ3) is 3.41. The minimum Gasteiger partial charge on any atom is -0.357 e. The van der Waals surface area contributed by atoms with Crippen LogP contribution in [0.15, 0.2) is 18.2 Å². The van der Waals surface area contributed by atoms with Gasteiger partial charge in [-0.1, -0.05) is 11.6 Å². The lowest BCUT2D eigenvalue weighted by molar-refractivity contribution is 0.238. The highest BCUT2D eigenvalue weighted by Crippen LogP contribution is 2.23. The highest BCUT2D eigenvalue weighted by atomic mass is 35.5. The molecule has 1 aromatic carbocycles. The number of nitrogens with one attached hydrogen (secondary N) is 3. The summed E-state index contributed by atoms with van der Waals surface area (Å²) in [5.74, 6) is 0. The molecule has 0 atom stereocenters. The van der Waals surface area contributed by atoms with Crippen LogP contribution >= 0.6 is 11.6 Å². The molecule has 2 aromatic rings. The summed E-state index contributed by atoms with van der Waals surface area (Å²) in [7, 11) is 0. The van der Waals surface area contributed by atoms with Crippen molar-refractivity contribution in [3.8, 4) is 0 Å². The van der Waals surface area contributed by atoms with Gasteiger partial charge in [0, 0.05) is 27.7 Å². The van der Waals surface area contributed by atoms with Crippen LogP contribution in [0.2, 0.25) is 5.02 Å². The van der Waals surface area contributed by atoms with Gasteiger partial charge in [0.2, 0.25) is 0 Å². The summed E-state index contributed by atoms with van der Waals surface area (Å²) >= 11 is 6.09. The quantitative estimate of drug-likeness (QED) is 0.793. The molecular formula is C14H18ClN3O. The molecule has 0 bridgehead atoms. The number of H-pyrrole nitrogens is 1. The van der Waals surface area contributed by atoms with Gasteiger partial charge in [0.25, 0.3) is 0 Å². The van der Waals surface area contributed by atoms with Crippen LogP contribution in [0.25, 0.3) is 10.9 Å². The third-order valence-electron chi connectivity index (χ3n) is 2.81. The molecule has 0 fully saturated rings. The number of amides is 2. The Morgan fingerprint density at radius 2 is 2.11 bits per heavy atom. The Kier molecular flexibility index (Phi) is 4.00. The highest BCUT2D eigenvalue weighted by Gasteiger charge is 2.06. The Bertz CT molecular complexity index is 565. The first-order valence-electron chi connectivity index (χ1n) is 6.28. The molecule has 0 aliphatic carbocycles. The Balaban J connectivity index is 2.08. The van der Waals surface area contributed by atoms with Crippen molar-refractivity contribution >= 4 is 28.5 Å². The minimum atomic E-state index is -0.164. The molecule has 0 spiro atoms. The summed E-state index contributed by atoms with van der Waals surface area (Å²) in [6.45, 7) is 6.28. The van der Waals surface area contributed by atoms with Crippen LogP contribution in [-0.2, 0) is 6.54 Å². The number of halogens is 1. The Morgan fingerprint density at radius 3 is 2.79 bits per heavy atom. The van der Waals surface area contributed by atoms with Crippen molar-refractivity contribution in [1.82, 2.24) is 15.6 Å². The summed E-state index contributed by atoms with van der Waals surface area (Å²) in [6.07, 6.45) is 0. The Labute approximate surface area is 117 Å². The van der Waals surface area contributed by atoms with Crippen LogP contribution in [0.3, 0.4) is 0 Å². The van der Waals surface area contributed by atoms with E-state index < -0.39 is 0 Å². The van der Waals surface area contributed by atoms with Crippen molar-refractivity contribution in [2.75, 3.05) is 0 Å². The molecule has 0 aliphatic heterocycles.